The fourth-order valence-electron chi connectivity index (χ4n) is 2.89. The molecular formula is C12H23N3O4S. The number of hydrogen-bond acceptors (Lipinski definition) is 4. The van der Waals surface area contributed by atoms with Crippen LogP contribution in [0.1, 0.15) is 19.3 Å². The van der Waals surface area contributed by atoms with Crippen LogP contribution in [-0.4, -0.2) is 69.4 Å². The first-order chi connectivity index (χ1) is 9.44. The highest BCUT2D eigenvalue weighted by atomic mass is 32.2. The topological polar surface area (TPSA) is 79.0 Å². The van der Waals surface area contributed by atoms with Crippen LogP contribution in [0.15, 0.2) is 0 Å². The summed E-state index contributed by atoms with van der Waals surface area (Å²) in [4.78, 5) is 12.2. The Morgan fingerprint density at radius 1 is 1.30 bits per heavy atom. The van der Waals surface area contributed by atoms with E-state index >= 15 is 0 Å². The molecule has 1 aliphatic heterocycles. The molecular weight excluding hydrogens is 282 g/mol. The molecule has 1 heterocycles. The maximum atomic E-state index is 12.5. The number of nitrogens with one attached hydrogen (secondary N) is 1. The summed E-state index contributed by atoms with van der Waals surface area (Å²) in [5, 5.41) is 2.83. The van der Waals surface area contributed by atoms with Crippen LogP contribution in [0.3, 0.4) is 0 Å². The van der Waals surface area contributed by atoms with Crippen molar-refractivity contribution < 1.29 is 17.9 Å². The standard InChI is InChI=1S/C12H23N3O4S/c1-14(2)20(17,18)15-7-9-19-8-6-13-12(16)10-4-3-5-11(10)15/h10-11H,3-9H2,1-2H3,(H,13,16). The van der Waals surface area contributed by atoms with E-state index in [4.69, 9.17) is 4.74 Å². The highest BCUT2D eigenvalue weighted by molar-refractivity contribution is 7.86. The smallest absolute Gasteiger partial charge is 0.281 e. The lowest BCUT2D eigenvalue weighted by Gasteiger charge is -2.34. The number of carbonyl (C=O) groups is 1. The molecule has 1 amide bonds. The SMILES string of the molecule is CN(C)S(=O)(=O)N1CCOCCNC(=O)C2CCCC21. The molecule has 0 aromatic rings. The van der Waals surface area contributed by atoms with Crippen molar-refractivity contribution in [3.63, 3.8) is 0 Å². The van der Waals surface area contributed by atoms with Crippen LogP contribution in [-0.2, 0) is 19.7 Å². The predicted molar refractivity (Wildman–Crippen MR) is 74.3 cm³/mol. The Balaban J connectivity index is 2.28. The Hall–Kier alpha value is -0.700. The van der Waals surface area contributed by atoms with Crippen LogP contribution >= 0.6 is 0 Å². The molecule has 1 saturated heterocycles. The van der Waals surface area contributed by atoms with E-state index in [1.165, 1.54) is 22.7 Å². The Labute approximate surface area is 120 Å². The summed E-state index contributed by atoms with van der Waals surface area (Å²) >= 11 is 0. The molecule has 2 aliphatic rings. The number of carbonyl (C=O) groups excluding carboxylic acids is 1. The fraction of sp³-hybridized carbons (Fsp3) is 0.917. The minimum atomic E-state index is -3.54. The van der Waals surface area contributed by atoms with Gasteiger partial charge in [0.25, 0.3) is 10.2 Å². The van der Waals surface area contributed by atoms with Crippen LogP contribution in [0.4, 0.5) is 0 Å². The lowest BCUT2D eigenvalue weighted by Crippen LogP contribution is -2.52. The normalized spacial score (nSPS) is 30.1. The van der Waals surface area contributed by atoms with Crippen molar-refractivity contribution in [3.8, 4) is 0 Å². The van der Waals surface area contributed by atoms with E-state index in [1.807, 2.05) is 0 Å². The van der Waals surface area contributed by atoms with E-state index < -0.39 is 10.2 Å². The van der Waals surface area contributed by atoms with E-state index in [-0.39, 0.29) is 17.9 Å². The molecule has 116 valence electrons. The number of rotatable bonds is 2. The van der Waals surface area contributed by atoms with Crippen molar-refractivity contribution in [2.24, 2.45) is 5.92 Å². The van der Waals surface area contributed by atoms with Crippen LogP contribution in [0.2, 0.25) is 0 Å². The molecule has 1 aliphatic carbocycles. The molecule has 1 N–H and O–H groups in total. The molecule has 0 spiro atoms. The third-order valence-electron chi connectivity index (χ3n) is 3.95. The lowest BCUT2D eigenvalue weighted by molar-refractivity contribution is -0.126. The number of amides is 1. The number of hydrogen-bond donors (Lipinski definition) is 1. The third-order valence-corrected chi connectivity index (χ3v) is 5.91. The van der Waals surface area contributed by atoms with Gasteiger partial charge in [-0.1, -0.05) is 6.42 Å². The number of nitrogens with zero attached hydrogens (tertiary/aromatic N) is 2. The van der Waals surface area contributed by atoms with Crippen molar-refractivity contribution in [3.05, 3.63) is 0 Å². The average Bonchev–Trinajstić information content (AvgIpc) is 2.86. The summed E-state index contributed by atoms with van der Waals surface area (Å²) in [7, 11) is -0.513. The van der Waals surface area contributed by atoms with Gasteiger partial charge in [-0.3, -0.25) is 4.79 Å². The summed E-state index contributed by atoms with van der Waals surface area (Å²) in [5.74, 6) is -0.306. The van der Waals surface area contributed by atoms with E-state index in [1.54, 1.807) is 0 Å². The minimum Gasteiger partial charge on any atom is -0.378 e. The second-order valence-electron chi connectivity index (χ2n) is 5.41. The first kappa shape index (κ1) is 15.7. The summed E-state index contributed by atoms with van der Waals surface area (Å²) < 4.78 is 32.9. The van der Waals surface area contributed by atoms with Gasteiger partial charge in [-0.25, -0.2) is 0 Å². The third kappa shape index (κ3) is 3.13. The highest BCUT2D eigenvalue weighted by Crippen LogP contribution is 2.32. The van der Waals surface area contributed by atoms with Gasteiger partial charge < -0.3 is 10.1 Å². The molecule has 0 aromatic heterocycles. The maximum absolute atomic E-state index is 12.5. The fourth-order valence-corrected chi connectivity index (χ4v) is 4.21. The van der Waals surface area contributed by atoms with Gasteiger partial charge in [-0.2, -0.15) is 17.0 Å². The zero-order chi connectivity index (χ0) is 14.8. The summed E-state index contributed by atoms with van der Waals surface area (Å²) in [6, 6.07) is -0.260. The molecule has 2 unspecified atom stereocenters. The van der Waals surface area contributed by atoms with Gasteiger partial charge >= 0.3 is 0 Å². The first-order valence-electron chi connectivity index (χ1n) is 6.99. The number of ether oxygens (including phenoxy) is 1. The van der Waals surface area contributed by atoms with E-state index in [9.17, 15) is 13.2 Å². The van der Waals surface area contributed by atoms with Crippen molar-refractivity contribution in [2.45, 2.75) is 25.3 Å². The van der Waals surface area contributed by atoms with Gasteiger partial charge in [0.05, 0.1) is 19.1 Å². The van der Waals surface area contributed by atoms with Gasteiger partial charge in [-0.05, 0) is 12.8 Å². The molecule has 2 rings (SSSR count). The van der Waals surface area contributed by atoms with Crippen LogP contribution in [0.5, 0.6) is 0 Å². The molecule has 20 heavy (non-hydrogen) atoms. The van der Waals surface area contributed by atoms with Crippen molar-refractivity contribution in [1.29, 1.82) is 0 Å². The molecule has 1 saturated carbocycles. The molecule has 8 heteroatoms. The molecule has 2 fully saturated rings. The minimum absolute atomic E-state index is 0.0584. The molecule has 7 nitrogen and oxygen atoms in total. The highest BCUT2D eigenvalue weighted by Gasteiger charge is 2.42. The molecule has 2 atom stereocenters. The van der Waals surface area contributed by atoms with Gasteiger partial charge in [0, 0.05) is 33.2 Å². The summed E-state index contributed by atoms with van der Waals surface area (Å²) in [6.45, 7) is 1.56. The van der Waals surface area contributed by atoms with Gasteiger partial charge in [0.1, 0.15) is 0 Å². The number of fused-ring (bicyclic) bond motifs is 1. The molecule has 0 bridgehead atoms. The van der Waals surface area contributed by atoms with Crippen molar-refractivity contribution >= 4 is 16.1 Å². The molecule has 0 radical (unpaired) electrons. The maximum Gasteiger partial charge on any atom is 0.281 e. The Morgan fingerprint density at radius 3 is 2.75 bits per heavy atom. The van der Waals surface area contributed by atoms with Crippen LogP contribution < -0.4 is 5.32 Å². The van der Waals surface area contributed by atoms with Crippen LogP contribution in [0, 0.1) is 5.92 Å². The van der Waals surface area contributed by atoms with Gasteiger partial charge in [0.2, 0.25) is 5.91 Å². The quantitative estimate of drug-likeness (QED) is 0.739. The molecule has 0 aromatic carbocycles. The average molecular weight is 305 g/mol. The van der Waals surface area contributed by atoms with Crippen molar-refractivity contribution in [1.82, 2.24) is 13.9 Å². The van der Waals surface area contributed by atoms with E-state index in [0.29, 0.717) is 26.3 Å². The van der Waals surface area contributed by atoms with E-state index in [2.05, 4.69) is 5.32 Å². The van der Waals surface area contributed by atoms with Gasteiger partial charge in [-0.15, -0.1) is 0 Å². The zero-order valence-corrected chi connectivity index (χ0v) is 12.9. The summed E-state index contributed by atoms with van der Waals surface area (Å²) in [5.41, 5.74) is 0. The zero-order valence-electron chi connectivity index (χ0n) is 12.0. The predicted octanol–water partition coefficient (Wildman–Crippen LogP) is -0.590. The van der Waals surface area contributed by atoms with Gasteiger partial charge in [0.15, 0.2) is 0 Å². The summed E-state index contributed by atoms with van der Waals surface area (Å²) in [6.07, 6.45) is 2.35. The van der Waals surface area contributed by atoms with Crippen LogP contribution in [0.25, 0.3) is 0 Å². The lowest BCUT2D eigenvalue weighted by atomic mass is 10.0. The Bertz CT molecular complexity index is 452. The second-order valence-corrected chi connectivity index (χ2v) is 7.50. The Kier molecular flexibility index (Phi) is 5.00. The first-order valence-corrected chi connectivity index (χ1v) is 8.39. The second kappa shape index (κ2) is 6.38. The monoisotopic (exact) mass is 305 g/mol. The largest absolute Gasteiger partial charge is 0.378 e. The Morgan fingerprint density at radius 2 is 2.05 bits per heavy atom. The van der Waals surface area contributed by atoms with E-state index in [0.717, 1.165) is 19.3 Å². The van der Waals surface area contributed by atoms with Crippen molar-refractivity contribution in [2.75, 3.05) is 40.4 Å².